The third kappa shape index (κ3) is 2.10. The predicted molar refractivity (Wildman–Crippen MR) is 55.8 cm³/mol. The van der Waals surface area contributed by atoms with Gasteiger partial charge in [0, 0.05) is 18.6 Å². The zero-order valence-corrected chi connectivity index (χ0v) is 8.61. The summed E-state index contributed by atoms with van der Waals surface area (Å²) in [5, 5.41) is 3.50. The number of nitrogens with one attached hydrogen (secondary N) is 1. The van der Waals surface area contributed by atoms with Gasteiger partial charge in [0.25, 0.3) is 0 Å². The summed E-state index contributed by atoms with van der Waals surface area (Å²) < 4.78 is 0. The normalized spacial score (nSPS) is 27.5. The van der Waals surface area contributed by atoms with Crippen LogP contribution in [0, 0.1) is 5.92 Å². The van der Waals surface area contributed by atoms with Crippen LogP contribution in [0.4, 0.5) is 0 Å². The summed E-state index contributed by atoms with van der Waals surface area (Å²) in [4.78, 5) is 8.45. The van der Waals surface area contributed by atoms with Crippen LogP contribution in [-0.2, 0) is 0 Å². The van der Waals surface area contributed by atoms with Crippen molar-refractivity contribution in [2.75, 3.05) is 6.54 Å². The molecule has 1 aliphatic rings. The van der Waals surface area contributed by atoms with Gasteiger partial charge in [0.2, 0.25) is 0 Å². The largest absolute Gasteiger partial charge is 0.309 e. The molecule has 2 heterocycles. The fraction of sp³-hybridized carbons (Fsp3) is 0.636. The van der Waals surface area contributed by atoms with Gasteiger partial charge in [-0.15, -0.1) is 0 Å². The summed E-state index contributed by atoms with van der Waals surface area (Å²) >= 11 is 0. The summed E-state index contributed by atoms with van der Waals surface area (Å²) in [7, 11) is 0. The molecule has 2 unspecified atom stereocenters. The molecule has 76 valence electrons. The smallest absolute Gasteiger partial charge is 0.0756 e. The predicted octanol–water partition coefficient (Wildman–Crippen LogP) is 1.93. The molecular formula is C11H17N3. The van der Waals surface area contributed by atoms with Gasteiger partial charge < -0.3 is 5.32 Å². The van der Waals surface area contributed by atoms with Crippen molar-refractivity contribution < 1.29 is 0 Å². The van der Waals surface area contributed by atoms with Crippen LogP contribution in [-0.4, -0.2) is 16.5 Å². The van der Waals surface area contributed by atoms with Gasteiger partial charge in [-0.25, -0.2) is 0 Å². The summed E-state index contributed by atoms with van der Waals surface area (Å²) in [6.07, 6.45) is 9.15. The molecule has 1 aliphatic heterocycles. The molecule has 3 heteroatoms. The molecular weight excluding hydrogens is 174 g/mol. The Balaban J connectivity index is 2.04. The van der Waals surface area contributed by atoms with E-state index in [1.54, 1.807) is 12.4 Å². The van der Waals surface area contributed by atoms with Crippen LogP contribution in [0.15, 0.2) is 18.6 Å². The number of nitrogens with zero attached hydrogens (tertiary/aromatic N) is 2. The lowest BCUT2D eigenvalue weighted by Crippen LogP contribution is -2.32. The van der Waals surface area contributed by atoms with Crippen molar-refractivity contribution in [3.8, 4) is 0 Å². The second kappa shape index (κ2) is 4.51. The third-order valence-electron chi connectivity index (χ3n) is 3.03. The first-order chi connectivity index (χ1) is 6.90. The van der Waals surface area contributed by atoms with Gasteiger partial charge in [-0.2, -0.15) is 0 Å². The summed E-state index contributed by atoms with van der Waals surface area (Å²) in [6, 6.07) is 0.419. The van der Waals surface area contributed by atoms with Gasteiger partial charge >= 0.3 is 0 Å². The minimum Gasteiger partial charge on any atom is -0.309 e. The van der Waals surface area contributed by atoms with Crippen LogP contribution >= 0.6 is 0 Å². The van der Waals surface area contributed by atoms with Crippen LogP contribution in [0.25, 0.3) is 0 Å². The molecule has 0 bridgehead atoms. The molecule has 0 aliphatic carbocycles. The van der Waals surface area contributed by atoms with Crippen LogP contribution < -0.4 is 5.32 Å². The molecule has 0 spiro atoms. The Morgan fingerprint density at radius 3 is 3.14 bits per heavy atom. The molecule has 1 fully saturated rings. The van der Waals surface area contributed by atoms with E-state index in [1.807, 2.05) is 6.20 Å². The zero-order valence-electron chi connectivity index (χ0n) is 8.61. The molecule has 2 rings (SSSR count). The molecule has 3 nitrogen and oxygen atoms in total. The van der Waals surface area contributed by atoms with Gasteiger partial charge in [-0.05, 0) is 25.3 Å². The molecule has 2 atom stereocenters. The van der Waals surface area contributed by atoms with Crippen LogP contribution in [0.5, 0.6) is 0 Å². The van der Waals surface area contributed by atoms with Crippen molar-refractivity contribution in [1.82, 2.24) is 15.3 Å². The van der Waals surface area contributed by atoms with E-state index in [1.165, 1.54) is 19.3 Å². The average Bonchev–Trinajstić information content (AvgIpc) is 2.30. The Kier molecular flexibility index (Phi) is 3.09. The van der Waals surface area contributed by atoms with Crippen molar-refractivity contribution >= 4 is 0 Å². The highest BCUT2D eigenvalue weighted by molar-refractivity contribution is 5.03. The second-order valence-corrected chi connectivity index (χ2v) is 3.94. The molecule has 1 N–H and O–H groups in total. The van der Waals surface area contributed by atoms with E-state index in [0.29, 0.717) is 6.04 Å². The Morgan fingerprint density at radius 2 is 2.43 bits per heavy atom. The number of rotatable bonds is 2. The standard InChI is InChI=1S/C11H17N3/c1-2-9-3-4-13-10(7-9)11-8-12-5-6-14-11/h5-6,8-10,13H,2-4,7H2,1H3. The van der Waals surface area contributed by atoms with Gasteiger partial charge in [-0.3, -0.25) is 9.97 Å². The van der Waals surface area contributed by atoms with Gasteiger partial charge in [0.1, 0.15) is 0 Å². The maximum Gasteiger partial charge on any atom is 0.0756 e. The third-order valence-corrected chi connectivity index (χ3v) is 3.03. The van der Waals surface area contributed by atoms with Crippen LogP contribution in [0.3, 0.4) is 0 Å². The first-order valence-electron chi connectivity index (χ1n) is 5.39. The average molecular weight is 191 g/mol. The lowest BCUT2D eigenvalue weighted by molar-refractivity contribution is 0.295. The van der Waals surface area contributed by atoms with E-state index >= 15 is 0 Å². The number of hydrogen-bond donors (Lipinski definition) is 1. The Hall–Kier alpha value is -0.960. The topological polar surface area (TPSA) is 37.8 Å². The monoisotopic (exact) mass is 191 g/mol. The van der Waals surface area contributed by atoms with E-state index in [4.69, 9.17) is 0 Å². The van der Waals surface area contributed by atoms with Crippen molar-refractivity contribution in [3.05, 3.63) is 24.3 Å². The molecule has 1 aromatic rings. The highest BCUT2D eigenvalue weighted by Gasteiger charge is 2.22. The number of piperidine rings is 1. The molecule has 0 saturated carbocycles. The maximum absolute atomic E-state index is 4.35. The Morgan fingerprint density at radius 1 is 1.50 bits per heavy atom. The van der Waals surface area contributed by atoms with Crippen molar-refractivity contribution in [2.45, 2.75) is 32.2 Å². The van der Waals surface area contributed by atoms with Crippen LogP contribution in [0.2, 0.25) is 0 Å². The molecule has 0 radical (unpaired) electrons. The fourth-order valence-corrected chi connectivity index (χ4v) is 2.08. The molecule has 1 saturated heterocycles. The Bertz CT molecular complexity index is 273. The summed E-state index contributed by atoms with van der Waals surface area (Å²) in [5.41, 5.74) is 1.09. The Labute approximate surface area is 85.0 Å². The molecule has 0 aromatic carbocycles. The molecule has 14 heavy (non-hydrogen) atoms. The van der Waals surface area contributed by atoms with E-state index in [9.17, 15) is 0 Å². The highest BCUT2D eigenvalue weighted by Crippen LogP contribution is 2.27. The number of hydrogen-bond acceptors (Lipinski definition) is 3. The van der Waals surface area contributed by atoms with Crippen LogP contribution in [0.1, 0.15) is 37.9 Å². The highest BCUT2D eigenvalue weighted by atomic mass is 15.0. The first-order valence-corrected chi connectivity index (χ1v) is 5.39. The fourth-order valence-electron chi connectivity index (χ4n) is 2.08. The van der Waals surface area contributed by atoms with Gasteiger partial charge in [0.05, 0.1) is 11.7 Å². The van der Waals surface area contributed by atoms with E-state index < -0.39 is 0 Å². The van der Waals surface area contributed by atoms with Crippen molar-refractivity contribution in [2.24, 2.45) is 5.92 Å². The van der Waals surface area contributed by atoms with Crippen molar-refractivity contribution in [3.63, 3.8) is 0 Å². The lowest BCUT2D eigenvalue weighted by Gasteiger charge is -2.29. The zero-order chi connectivity index (χ0) is 9.80. The minimum absolute atomic E-state index is 0.419. The van der Waals surface area contributed by atoms with Gasteiger partial charge in [0.15, 0.2) is 0 Å². The van der Waals surface area contributed by atoms with Crippen molar-refractivity contribution in [1.29, 1.82) is 0 Å². The SMILES string of the molecule is CCC1CCNC(c2cnccn2)C1. The first kappa shape index (κ1) is 9.59. The lowest BCUT2D eigenvalue weighted by atomic mass is 9.89. The van der Waals surface area contributed by atoms with E-state index in [2.05, 4.69) is 22.2 Å². The second-order valence-electron chi connectivity index (χ2n) is 3.94. The van der Waals surface area contributed by atoms with E-state index in [0.717, 1.165) is 18.2 Å². The number of aromatic nitrogens is 2. The minimum atomic E-state index is 0.419. The summed E-state index contributed by atoms with van der Waals surface area (Å²) in [5.74, 6) is 0.850. The quantitative estimate of drug-likeness (QED) is 0.776. The molecule has 0 amide bonds. The summed E-state index contributed by atoms with van der Waals surface area (Å²) in [6.45, 7) is 3.38. The maximum atomic E-state index is 4.35. The van der Waals surface area contributed by atoms with E-state index in [-0.39, 0.29) is 0 Å². The molecule has 1 aromatic heterocycles. The van der Waals surface area contributed by atoms with Gasteiger partial charge in [-0.1, -0.05) is 13.3 Å².